The molecule has 1 amide bonds. The molecule has 1 atom stereocenters. The molecule has 0 radical (unpaired) electrons. The van der Waals surface area contributed by atoms with Crippen LogP contribution >= 0.6 is 0 Å². The third kappa shape index (κ3) is 4.85. The highest BCUT2D eigenvalue weighted by Crippen LogP contribution is 2.24. The molecule has 0 aliphatic carbocycles. The van der Waals surface area contributed by atoms with Gasteiger partial charge in [0.25, 0.3) is 0 Å². The molecule has 1 aliphatic rings. The maximum atomic E-state index is 12.7. The maximum absolute atomic E-state index is 12.7. The molecular formula is C25H28N4O. The molecule has 4 rings (SSSR count). The Hall–Kier alpha value is -3.21. The van der Waals surface area contributed by atoms with Gasteiger partial charge in [-0.05, 0) is 50.5 Å². The molecule has 0 spiro atoms. The van der Waals surface area contributed by atoms with Gasteiger partial charge in [0.2, 0.25) is 5.91 Å². The molecule has 1 aromatic heterocycles. The van der Waals surface area contributed by atoms with Crippen LogP contribution in [0.15, 0.2) is 60.7 Å². The first kappa shape index (κ1) is 20.1. The zero-order chi connectivity index (χ0) is 20.9. The minimum atomic E-state index is -0.0255. The third-order valence-corrected chi connectivity index (χ3v) is 5.67. The number of carbonyl (C=O) groups excluding carboxylic acids is 1. The lowest BCUT2D eigenvalue weighted by atomic mass is 9.97. The quantitative estimate of drug-likeness (QED) is 0.694. The van der Waals surface area contributed by atoms with Crippen LogP contribution in [0.5, 0.6) is 0 Å². The Morgan fingerprint density at radius 1 is 1.03 bits per heavy atom. The largest absolute Gasteiger partial charge is 0.354 e. The summed E-state index contributed by atoms with van der Waals surface area (Å²) in [6, 6.07) is 20.6. The van der Waals surface area contributed by atoms with E-state index in [4.69, 9.17) is 0 Å². The lowest BCUT2D eigenvalue weighted by Gasteiger charge is -2.32. The molecule has 1 fully saturated rings. The number of aromatic nitrogens is 2. The van der Waals surface area contributed by atoms with Crippen LogP contribution in [-0.2, 0) is 11.3 Å². The number of hydrogen-bond acceptors (Lipinski definition) is 4. The second-order valence-corrected chi connectivity index (χ2v) is 8.13. The number of carbonyl (C=O) groups is 1. The van der Waals surface area contributed by atoms with Crippen molar-refractivity contribution in [2.45, 2.75) is 33.2 Å². The van der Waals surface area contributed by atoms with Crippen LogP contribution in [0.25, 0.3) is 11.3 Å². The van der Waals surface area contributed by atoms with E-state index >= 15 is 0 Å². The van der Waals surface area contributed by atoms with Crippen molar-refractivity contribution >= 4 is 11.7 Å². The molecule has 2 aromatic carbocycles. The van der Waals surface area contributed by atoms with Crippen LogP contribution in [-0.4, -0.2) is 29.2 Å². The predicted molar refractivity (Wildman–Crippen MR) is 120 cm³/mol. The molecule has 1 N–H and O–H groups in total. The number of nitrogens with one attached hydrogen (secondary N) is 1. The van der Waals surface area contributed by atoms with E-state index in [1.54, 1.807) is 0 Å². The first-order valence-corrected chi connectivity index (χ1v) is 10.6. The van der Waals surface area contributed by atoms with E-state index in [9.17, 15) is 4.79 Å². The normalized spacial score (nSPS) is 16.3. The smallest absolute Gasteiger partial charge is 0.225 e. The van der Waals surface area contributed by atoms with Crippen molar-refractivity contribution in [3.8, 4) is 11.3 Å². The topological polar surface area (TPSA) is 58.1 Å². The molecule has 2 heterocycles. The first-order valence-electron chi connectivity index (χ1n) is 10.6. The number of piperidine rings is 1. The summed E-state index contributed by atoms with van der Waals surface area (Å²) in [5.74, 6) is 0.925. The van der Waals surface area contributed by atoms with Crippen molar-refractivity contribution in [3.05, 3.63) is 77.4 Å². The van der Waals surface area contributed by atoms with E-state index < -0.39 is 0 Å². The average molecular weight is 401 g/mol. The molecule has 0 bridgehead atoms. The highest BCUT2D eigenvalue weighted by molar-refractivity contribution is 5.79. The molecule has 3 aromatic rings. The number of anilines is 1. The van der Waals surface area contributed by atoms with E-state index in [0.29, 0.717) is 13.1 Å². The second kappa shape index (κ2) is 9.08. The van der Waals surface area contributed by atoms with Crippen molar-refractivity contribution < 1.29 is 4.79 Å². The van der Waals surface area contributed by atoms with Crippen molar-refractivity contribution in [1.82, 2.24) is 15.5 Å². The van der Waals surface area contributed by atoms with Crippen LogP contribution in [0.2, 0.25) is 0 Å². The molecule has 1 aliphatic heterocycles. The Morgan fingerprint density at radius 3 is 2.60 bits per heavy atom. The zero-order valence-corrected chi connectivity index (χ0v) is 17.6. The lowest BCUT2D eigenvalue weighted by molar-refractivity contribution is -0.125. The molecule has 5 heteroatoms. The summed E-state index contributed by atoms with van der Waals surface area (Å²) in [5.41, 5.74) is 5.49. The summed E-state index contributed by atoms with van der Waals surface area (Å²) >= 11 is 0. The summed E-state index contributed by atoms with van der Waals surface area (Å²) < 4.78 is 0. The van der Waals surface area contributed by atoms with E-state index in [1.165, 1.54) is 11.1 Å². The zero-order valence-electron chi connectivity index (χ0n) is 17.6. The van der Waals surface area contributed by atoms with Gasteiger partial charge >= 0.3 is 0 Å². The van der Waals surface area contributed by atoms with Crippen molar-refractivity contribution in [3.63, 3.8) is 0 Å². The van der Waals surface area contributed by atoms with Gasteiger partial charge in [-0.3, -0.25) is 4.79 Å². The van der Waals surface area contributed by atoms with E-state index in [1.807, 2.05) is 24.3 Å². The van der Waals surface area contributed by atoms with Crippen LogP contribution in [0.1, 0.15) is 29.5 Å². The standard InChI is InChI=1S/C25H28N4O/c1-18-8-10-20(11-9-18)16-26-25(30)22-7-4-14-29(17-22)24-13-12-23(27-28-24)21-6-3-5-19(2)15-21/h3,5-6,8-13,15,22H,4,7,14,16-17H2,1-2H3,(H,26,30). The second-order valence-electron chi connectivity index (χ2n) is 8.13. The molecule has 30 heavy (non-hydrogen) atoms. The highest BCUT2D eigenvalue weighted by atomic mass is 16.1. The van der Waals surface area contributed by atoms with E-state index in [0.717, 1.165) is 42.0 Å². The lowest BCUT2D eigenvalue weighted by Crippen LogP contribution is -2.43. The molecule has 5 nitrogen and oxygen atoms in total. The Morgan fingerprint density at radius 2 is 1.87 bits per heavy atom. The van der Waals surface area contributed by atoms with Gasteiger partial charge in [0.1, 0.15) is 0 Å². The van der Waals surface area contributed by atoms with Crippen LogP contribution < -0.4 is 10.2 Å². The monoisotopic (exact) mass is 400 g/mol. The predicted octanol–water partition coefficient (Wildman–Crippen LogP) is 4.29. The Labute approximate surface area is 178 Å². The Balaban J connectivity index is 1.37. The minimum absolute atomic E-state index is 0.0255. The Bertz CT molecular complexity index is 998. The van der Waals surface area contributed by atoms with Gasteiger partial charge in [0.15, 0.2) is 5.82 Å². The van der Waals surface area contributed by atoms with Crippen LogP contribution in [0.3, 0.4) is 0 Å². The van der Waals surface area contributed by atoms with Crippen molar-refractivity contribution in [2.75, 3.05) is 18.0 Å². The Kier molecular flexibility index (Phi) is 6.07. The summed E-state index contributed by atoms with van der Waals surface area (Å²) in [4.78, 5) is 14.9. The number of amides is 1. The number of nitrogens with zero attached hydrogens (tertiary/aromatic N) is 3. The summed E-state index contributed by atoms with van der Waals surface area (Å²) in [7, 11) is 0. The van der Waals surface area contributed by atoms with Gasteiger partial charge in [-0.1, -0.05) is 53.6 Å². The first-order chi connectivity index (χ1) is 14.6. The number of benzene rings is 2. The van der Waals surface area contributed by atoms with Crippen LogP contribution in [0.4, 0.5) is 5.82 Å². The van der Waals surface area contributed by atoms with Gasteiger partial charge in [0.05, 0.1) is 11.6 Å². The molecular weight excluding hydrogens is 372 g/mol. The fraction of sp³-hybridized carbons (Fsp3) is 0.320. The highest BCUT2D eigenvalue weighted by Gasteiger charge is 2.26. The number of hydrogen-bond donors (Lipinski definition) is 1. The maximum Gasteiger partial charge on any atom is 0.225 e. The van der Waals surface area contributed by atoms with Gasteiger partial charge in [-0.2, -0.15) is 0 Å². The number of rotatable bonds is 5. The fourth-order valence-corrected chi connectivity index (χ4v) is 3.89. The molecule has 1 saturated heterocycles. The average Bonchev–Trinajstić information content (AvgIpc) is 2.79. The van der Waals surface area contributed by atoms with E-state index in [-0.39, 0.29) is 11.8 Å². The van der Waals surface area contributed by atoms with Gasteiger partial charge in [-0.15, -0.1) is 10.2 Å². The third-order valence-electron chi connectivity index (χ3n) is 5.67. The molecule has 154 valence electrons. The molecule has 1 unspecified atom stereocenters. The SMILES string of the molecule is Cc1ccc(CNC(=O)C2CCCN(c3ccc(-c4cccc(C)c4)nn3)C2)cc1. The van der Waals surface area contributed by atoms with Crippen LogP contribution in [0, 0.1) is 19.8 Å². The summed E-state index contributed by atoms with van der Waals surface area (Å²) in [5, 5.41) is 12.0. The van der Waals surface area contributed by atoms with Gasteiger partial charge in [0, 0.05) is 25.2 Å². The number of aryl methyl sites for hydroxylation is 2. The molecule has 0 saturated carbocycles. The van der Waals surface area contributed by atoms with Crippen molar-refractivity contribution in [1.29, 1.82) is 0 Å². The van der Waals surface area contributed by atoms with Gasteiger partial charge in [-0.25, -0.2) is 0 Å². The minimum Gasteiger partial charge on any atom is -0.354 e. The van der Waals surface area contributed by atoms with Crippen molar-refractivity contribution in [2.24, 2.45) is 5.92 Å². The van der Waals surface area contributed by atoms with E-state index in [2.05, 4.69) is 70.7 Å². The summed E-state index contributed by atoms with van der Waals surface area (Å²) in [6.45, 7) is 6.29. The summed E-state index contributed by atoms with van der Waals surface area (Å²) in [6.07, 6.45) is 1.88. The van der Waals surface area contributed by atoms with Gasteiger partial charge < -0.3 is 10.2 Å². The fourth-order valence-electron chi connectivity index (χ4n) is 3.89.